The average Bonchev–Trinajstić information content (AvgIpc) is 2.33. The van der Waals surface area contributed by atoms with Gasteiger partial charge in [0.1, 0.15) is 5.82 Å². The summed E-state index contributed by atoms with van der Waals surface area (Å²) in [5.74, 6) is 0.812. The van der Waals surface area contributed by atoms with Gasteiger partial charge in [0, 0.05) is 28.5 Å². The molecule has 0 spiro atoms. The molecular formula is C12H12BrN3. The Kier molecular flexibility index (Phi) is 3.54. The van der Waals surface area contributed by atoms with Crippen molar-refractivity contribution in [2.45, 2.75) is 6.54 Å². The number of nitrogens with one attached hydrogen (secondary N) is 1. The lowest BCUT2D eigenvalue weighted by atomic mass is 10.2. The van der Waals surface area contributed by atoms with E-state index in [1.165, 1.54) is 0 Å². The Morgan fingerprint density at radius 3 is 2.62 bits per heavy atom. The molecule has 0 saturated carbocycles. The van der Waals surface area contributed by atoms with E-state index in [0.717, 1.165) is 21.5 Å². The summed E-state index contributed by atoms with van der Waals surface area (Å²) >= 11 is 3.40. The number of nitrogens with two attached hydrogens (primary N) is 1. The highest BCUT2D eigenvalue weighted by Crippen LogP contribution is 2.20. The van der Waals surface area contributed by atoms with Crippen LogP contribution < -0.4 is 11.1 Å². The first-order valence-electron chi connectivity index (χ1n) is 4.96. The van der Waals surface area contributed by atoms with Crippen LogP contribution in [0, 0.1) is 0 Å². The molecular weight excluding hydrogens is 266 g/mol. The van der Waals surface area contributed by atoms with Crippen LogP contribution in [0.5, 0.6) is 0 Å². The maximum Gasteiger partial charge on any atom is 0.134 e. The molecule has 0 aliphatic carbocycles. The zero-order valence-electron chi connectivity index (χ0n) is 8.65. The normalized spacial score (nSPS) is 10.1. The maximum atomic E-state index is 5.64. The Morgan fingerprint density at radius 1 is 1.19 bits per heavy atom. The van der Waals surface area contributed by atoms with Crippen LogP contribution in [-0.2, 0) is 6.54 Å². The van der Waals surface area contributed by atoms with Gasteiger partial charge in [0.05, 0.1) is 0 Å². The number of hydrogen-bond donors (Lipinski definition) is 2. The molecule has 0 aliphatic rings. The lowest BCUT2D eigenvalue weighted by molar-refractivity contribution is 1.05. The van der Waals surface area contributed by atoms with E-state index in [-0.39, 0.29) is 0 Å². The van der Waals surface area contributed by atoms with Gasteiger partial charge in [-0.1, -0.05) is 22.0 Å². The number of pyridine rings is 1. The number of halogens is 1. The minimum absolute atomic E-state index is 0.479. The summed E-state index contributed by atoms with van der Waals surface area (Å²) in [6.45, 7) is 0.479. The molecule has 16 heavy (non-hydrogen) atoms. The number of aromatic nitrogens is 1. The Hall–Kier alpha value is -1.39. The van der Waals surface area contributed by atoms with Crippen LogP contribution in [0.2, 0.25) is 0 Å². The Bertz CT molecular complexity index is 468. The summed E-state index contributed by atoms with van der Waals surface area (Å²) in [7, 11) is 0. The monoisotopic (exact) mass is 277 g/mol. The largest absolute Gasteiger partial charge is 0.340 e. The standard InChI is InChI=1S/C12H12BrN3/c13-10-3-5-11(6-4-10)16-12-9(8-14)2-1-7-15-12/h1-7H,8,14H2,(H,15,16). The van der Waals surface area contributed by atoms with E-state index < -0.39 is 0 Å². The molecule has 0 saturated heterocycles. The van der Waals surface area contributed by atoms with Crippen molar-refractivity contribution in [1.29, 1.82) is 0 Å². The third-order valence-corrected chi connectivity index (χ3v) is 2.75. The first-order valence-corrected chi connectivity index (χ1v) is 5.75. The second kappa shape index (κ2) is 5.09. The molecule has 2 aromatic rings. The fourth-order valence-corrected chi connectivity index (χ4v) is 1.65. The molecule has 0 radical (unpaired) electrons. The number of anilines is 2. The summed E-state index contributed by atoms with van der Waals surface area (Å²) in [5.41, 5.74) is 7.64. The van der Waals surface area contributed by atoms with Gasteiger partial charge in [0.15, 0.2) is 0 Å². The first-order chi connectivity index (χ1) is 7.79. The maximum absolute atomic E-state index is 5.64. The summed E-state index contributed by atoms with van der Waals surface area (Å²) in [6, 6.07) is 11.8. The molecule has 2 rings (SSSR count). The van der Waals surface area contributed by atoms with Gasteiger partial charge in [-0.15, -0.1) is 0 Å². The van der Waals surface area contributed by atoms with Crippen molar-refractivity contribution in [3.8, 4) is 0 Å². The smallest absolute Gasteiger partial charge is 0.134 e. The molecule has 4 heteroatoms. The first kappa shape index (κ1) is 11.1. The van der Waals surface area contributed by atoms with E-state index in [1.807, 2.05) is 36.4 Å². The molecule has 0 atom stereocenters. The van der Waals surface area contributed by atoms with Gasteiger partial charge in [0.25, 0.3) is 0 Å². The van der Waals surface area contributed by atoms with Gasteiger partial charge in [-0.2, -0.15) is 0 Å². The molecule has 1 aromatic carbocycles. The van der Waals surface area contributed by atoms with E-state index in [9.17, 15) is 0 Å². The van der Waals surface area contributed by atoms with Crippen LogP contribution in [0.4, 0.5) is 11.5 Å². The molecule has 0 amide bonds. The lowest BCUT2D eigenvalue weighted by Gasteiger charge is -2.09. The van der Waals surface area contributed by atoms with Crippen LogP contribution in [0.25, 0.3) is 0 Å². The Balaban J connectivity index is 2.23. The van der Waals surface area contributed by atoms with Crippen molar-refractivity contribution in [1.82, 2.24) is 4.98 Å². The third-order valence-electron chi connectivity index (χ3n) is 2.22. The summed E-state index contributed by atoms with van der Waals surface area (Å²) < 4.78 is 1.05. The molecule has 0 aliphatic heterocycles. The summed E-state index contributed by atoms with van der Waals surface area (Å²) in [4.78, 5) is 4.26. The quantitative estimate of drug-likeness (QED) is 0.907. The highest BCUT2D eigenvalue weighted by molar-refractivity contribution is 9.10. The van der Waals surface area contributed by atoms with Crippen LogP contribution >= 0.6 is 15.9 Å². The molecule has 0 bridgehead atoms. The van der Waals surface area contributed by atoms with Crippen LogP contribution in [0.1, 0.15) is 5.56 Å². The predicted molar refractivity (Wildman–Crippen MR) is 69.6 cm³/mol. The average molecular weight is 278 g/mol. The molecule has 1 aromatic heterocycles. The number of rotatable bonds is 3. The topological polar surface area (TPSA) is 50.9 Å². The number of benzene rings is 1. The zero-order chi connectivity index (χ0) is 11.4. The van der Waals surface area contributed by atoms with E-state index in [2.05, 4.69) is 26.2 Å². The van der Waals surface area contributed by atoms with Crippen LogP contribution in [-0.4, -0.2) is 4.98 Å². The van der Waals surface area contributed by atoms with Crippen molar-refractivity contribution >= 4 is 27.4 Å². The van der Waals surface area contributed by atoms with E-state index in [1.54, 1.807) is 6.20 Å². The van der Waals surface area contributed by atoms with Crippen molar-refractivity contribution < 1.29 is 0 Å². The van der Waals surface area contributed by atoms with Crippen LogP contribution in [0.15, 0.2) is 47.1 Å². The summed E-state index contributed by atoms with van der Waals surface area (Å²) in [5, 5.41) is 3.24. The van der Waals surface area contributed by atoms with Gasteiger partial charge >= 0.3 is 0 Å². The fraction of sp³-hybridized carbons (Fsp3) is 0.0833. The van der Waals surface area contributed by atoms with Gasteiger partial charge in [0.2, 0.25) is 0 Å². The molecule has 0 fully saturated rings. The second-order valence-corrected chi connectivity index (χ2v) is 4.26. The SMILES string of the molecule is NCc1cccnc1Nc1ccc(Br)cc1. The van der Waals surface area contributed by atoms with Crippen LogP contribution in [0.3, 0.4) is 0 Å². The molecule has 0 unspecified atom stereocenters. The fourth-order valence-electron chi connectivity index (χ4n) is 1.39. The zero-order valence-corrected chi connectivity index (χ0v) is 10.2. The Morgan fingerprint density at radius 2 is 1.94 bits per heavy atom. The minimum atomic E-state index is 0.479. The van der Waals surface area contributed by atoms with Crippen molar-refractivity contribution in [3.05, 3.63) is 52.6 Å². The Labute approximate surface area is 103 Å². The van der Waals surface area contributed by atoms with Gasteiger partial charge in [-0.05, 0) is 30.3 Å². The predicted octanol–water partition coefficient (Wildman–Crippen LogP) is 3.05. The highest BCUT2D eigenvalue weighted by atomic mass is 79.9. The van der Waals surface area contributed by atoms with Crippen molar-refractivity contribution in [2.24, 2.45) is 5.73 Å². The van der Waals surface area contributed by atoms with Gasteiger partial charge < -0.3 is 11.1 Å². The van der Waals surface area contributed by atoms with Gasteiger partial charge in [-0.25, -0.2) is 4.98 Å². The number of nitrogens with zero attached hydrogens (tertiary/aromatic N) is 1. The molecule has 3 N–H and O–H groups in total. The van der Waals surface area contributed by atoms with E-state index in [4.69, 9.17) is 5.73 Å². The number of hydrogen-bond acceptors (Lipinski definition) is 3. The van der Waals surface area contributed by atoms with Gasteiger partial charge in [-0.3, -0.25) is 0 Å². The van der Waals surface area contributed by atoms with Crippen molar-refractivity contribution in [2.75, 3.05) is 5.32 Å². The summed E-state index contributed by atoms with van der Waals surface area (Å²) in [6.07, 6.45) is 1.75. The molecule has 1 heterocycles. The molecule has 3 nitrogen and oxygen atoms in total. The minimum Gasteiger partial charge on any atom is -0.340 e. The molecule has 82 valence electrons. The highest BCUT2D eigenvalue weighted by Gasteiger charge is 2.01. The van der Waals surface area contributed by atoms with Crippen molar-refractivity contribution in [3.63, 3.8) is 0 Å². The second-order valence-electron chi connectivity index (χ2n) is 3.35. The van der Waals surface area contributed by atoms with E-state index in [0.29, 0.717) is 6.54 Å². The van der Waals surface area contributed by atoms with E-state index >= 15 is 0 Å². The lowest BCUT2D eigenvalue weighted by Crippen LogP contribution is -2.03. The third kappa shape index (κ3) is 2.59.